The van der Waals surface area contributed by atoms with Gasteiger partial charge in [0.15, 0.2) is 0 Å². The van der Waals surface area contributed by atoms with Crippen molar-refractivity contribution in [2.45, 2.75) is 24.3 Å². The normalized spacial score (nSPS) is 19.5. The van der Waals surface area contributed by atoms with Crippen LogP contribution in [0, 0.1) is 0 Å². The highest BCUT2D eigenvalue weighted by Gasteiger charge is 2.49. The van der Waals surface area contributed by atoms with Crippen LogP contribution >= 0.6 is 0 Å². The molecular weight excluding hydrogens is 374 g/mol. The van der Waals surface area contributed by atoms with Crippen LogP contribution in [0.3, 0.4) is 0 Å². The standard InChI is InChI=1S/C30H27N/c1-3-12-23(13-4-1)24-14-11-21-31(22-24)30(25-15-5-2-6-16-25)28-19-9-7-17-26(28)27-18-8-10-20-29(27)30/h1-10,12-13,15-20,24H,11,14,21-22H2/t24-/m0/s1. The monoisotopic (exact) mass is 401 g/mol. The van der Waals surface area contributed by atoms with E-state index in [1.54, 1.807) is 0 Å². The molecule has 1 saturated heterocycles. The molecule has 0 aromatic heterocycles. The Morgan fingerprint density at radius 2 is 1.16 bits per heavy atom. The first-order valence-corrected chi connectivity index (χ1v) is 11.4. The fraction of sp³-hybridized carbons (Fsp3) is 0.200. The molecule has 1 fully saturated rings. The van der Waals surface area contributed by atoms with Gasteiger partial charge in [0.05, 0.1) is 5.54 Å². The van der Waals surface area contributed by atoms with E-state index in [4.69, 9.17) is 0 Å². The molecule has 1 nitrogen and oxygen atoms in total. The average molecular weight is 402 g/mol. The summed E-state index contributed by atoms with van der Waals surface area (Å²) < 4.78 is 0. The lowest BCUT2D eigenvalue weighted by Crippen LogP contribution is -2.50. The van der Waals surface area contributed by atoms with Crippen molar-refractivity contribution in [2.24, 2.45) is 0 Å². The Hall–Kier alpha value is -3.16. The zero-order chi connectivity index (χ0) is 20.7. The molecule has 0 bridgehead atoms. The Bertz CT molecular complexity index is 1150. The molecule has 0 N–H and O–H groups in total. The summed E-state index contributed by atoms with van der Waals surface area (Å²) in [6.45, 7) is 2.18. The third-order valence-electron chi connectivity index (χ3n) is 7.28. The number of piperidine rings is 1. The molecule has 0 amide bonds. The van der Waals surface area contributed by atoms with E-state index in [0.717, 1.165) is 13.1 Å². The van der Waals surface area contributed by atoms with E-state index in [9.17, 15) is 0 Å². The minimum absolute atomic E-state index is 0.234. The van der Waals surface area contributed by atoms with Gasteiger partial charge in [-0.25, -0.2) is 0 Å². The fourth-order valence-electron chi connectivity index (χ4n) is 6.00. The molecule has 1 atom stereocenters. The summed E-state index contributed by atoms with van der Waals surface area (Å²) in [5, 5.41) is 0. The van der Waals surface area contributed by atoms with Gasteiger partial charge in [0, 0.05) is 6.54 Å². The number of fused-ring (bicyclic) bond motifs is 3. The largest absolute Gasteiger partial charge is 0.285 e. The lowest BCUT2D eigenvalue weighted by atomic mass is 9.76. The van der Waals surface area contributed by atoms with Gasteiger partial charge in [0.1, 0.15) is 0 Å². The molecule has 0 spiro atoms. The minimum Gasteiger partial charge on any atom is -0.285 e. The zero-order valence-corrected chi connectivity index (χ0v) is 17.7. The summed E-state index contributed by atoms with van der Waals surface area (Å²) in [7, 11) is 0. The van der Waals surface area contributed by atoms with Crippen LogP contribution in [0.25, 0.3) is 11.1 Å². The number of rotatable bonds is 3. The van der Waals surface area contributed by atoms with Crippen molar-refractivity contribution < 1.29 is 0 Å². The number of benzene rings is 4. The molecule has 1 aliphatic heterocycles. The van der Waals surface area contributed by atoms with Crippen LogP contribution in [-0.2, 0) is 5.54 Å². The van der Waals surface area contributed by atoms with Crippen molar-refractivity contribution in [3.05, 3.63) is 131 Å². The summed E-state index contributed by atoms with van der Waals surface area (Å²) in [5.74, 6) is 0.565. The van der Waals surface area contributed by atoms with E-state index in [2.05, 4.69) is 114 Å². The third-order valence-corrected chi connectivity index (χ3v) is 7.28. The van der Waals surface area contributed by atoms with Crippen LogP contribution in [0.2, 0.25) is 0 Å². The van der Waals surface area contributed by atoms with Gasteiger partial charge < -0.3 is 0 Å². The molecule has 4 aromatic carbocycles. The third kappa shape index (κ3) is 2.80. The number of nitrogens with zero attached hydrogens (tertiary/aromatic N) is 1. The van der Waals surface area contributed by atoms with E-state index in [1.165, 1.54) is 46.2 Å². The summed E-state index contributed by atoms with van der Waals surface area (Å²) in [4.78, 5) is 2.77. The first kappa shape index (κ1) is 18.6. The lowest BCUT2D eigenvalue weighted by Gasteiger charge is -2.47. The zero-order valence-electron chi connectivity index (χ0n) is 17.7. The molecule has 152 valence electrons. The van der Waals surface area contributed by atoms with Gasteiger partial charge in [0.25, 0.3) is 0 Å². The van der Waals surface area contributed by atoms with Crippen molar-refractivity contribution in [2.75, 3.05) is 13.1 Å². The topological polar surface area (TPSA) is 3.24 Å². The van der Waals surface area contributed by atoms with Crippen LogP contribution in [-0.4, -0.2) is 18.0 Å². The van der Waals surface area contributed by atoms with Gasteiger partial charge in [-0.05, 0) is 58.7 Å². The summed E-state index contributed by atoms with van der Waals surface area (Å²) in [6.07, 6.45) is 2.48. The van der Waals surface area contributed by atoms with Gasteiger partial charge in [-0.2, -0.15) is 0 Å². The molecule has 1 heteroatoms. The first-order valence-electron chi connectivity index (χ1n) is 11.4. The molecular formula is C30H27N. The Labute approximate surface area is 185 Å². The lowest BCUT2D eigenvalue weighted by molar-refractivity contribution is 0.117. The highest BCUT2D eigenvalue weighted by molar-refractivity contribution is 5.83. The van der Waals surface area contributed by atoms with Gasteiger partial charge >= 0.3 is 0 Å². The summed E-state index contributed by atoms with van der Waals surface area (Å²) in [6, 6.07) is 40.4. The predicted octanol–water partition coefficient (Wildman–Crippen LogP) is 6.84. The van der Waals surface area contributed by atoms with Gasteiger partial charge in [-0.1, -0.05) is 109 Å². The molecule has 1 aliphatic carbocycles. The van der Waals surface area contributed by atoms with Crippen LogP contribution in [0.5, 0.6) is 0 Å². The quantitative estimate of drug-likeness (QED) is 0.363. The molecule has 4 aromatic rings. The van der Waals surface area contributed by atoms with Crippen LogP contribution in [0.4, 0.5) is 0 Å². The van der Waals surface area contributed by atoms with Crippen LogP contribution in [0.15, 0.2) is 109 Å². The Morgan fingerprint density at radius 3 is 1.81 bits per heavy atom. The van der Waals surface area contributed by atoms with Crippen molar-refractivity contribution in [1.82, 2.24) is 4.90 Å². The average Bonchev–Trinajstić information content (AvgIpc) is 3.17. The Morgan fingerprint density at radius 1 is 0.613 bits per heavy atom. The van der Waals surface area contributed by atoms with Crippen molar-refractivity contribution in [3.63, 3.8) is 0 Å². The molecule has 0 unspecified atom stereocenters. The molecule has 0 radical (unpaired) electrons. The SMILES string of the molecule is c1ccc([C@H]2CCCN(C3(c4ccccc4)c4ccccc4-c4ccccc43)C2)cc1. The second kappa shape index (κ2) is 7.51. The van der Waals surface area contributed by atoms with Gasteiger partial charge in [0.2, 0.25) is 0 Å². The predicted molar refractivity (Wildman–Crippen MR) is 128 cm³/mol. The van der Waals surface area contributed by atoms with E-state index < -0.39 is 0 Å². The fourth-order valence-corrected chi connectivity index (χ4v) is 6.00. The maximum absolute atomic E-state index is 2.77. The van der Waals surface area contributed by atoms with E-state index in [-0.39, 0.29) is 5.54 Å². The molecule has 31 heavy (non-hydrogen) atoms. The Balaban J connectivity index is 1.58. The smallest absolute Gasteiger partial charge is 0.0985 e. The first-order chi connectivity index (χ1) is 15.4. The maximum Gasteiger partial charge on any atom is 0.0985 e. The van der Waals surface area contributed by atoms with E-state index >= 15 is 0 Å². The van der Waals surface area contributed by atoms with Crippen molar-refractivity contribution in [1.29, 1.82) is 0 Å². The number of hydrogen-bond acceptors (Lipinski definition) is 1. The minimum atomic E-state index is -0.234. The number of hydrogen-bond donors (Lipinski definition) is 0. The van der Waals surface area contributed by atoms with E-state index in [0.29, 0.717) is 5.92 Å². The van der Waals surface area contributed by atoms with Gasteiger partial charge in [-0.15, -0.1) is 0 Å². The molecule has 1 heterocycles. The molecule has 2 aliphatic rings. The van der Waals surface area contributed by atoms with Gasteiger partial charge in [-0.3, -0.25) is 4.90 Å². The Kier molecular flexibility index (Phi) is 4.51. The maximum atomic E-state index is 2.77. The summed E-state index contributed by atoms with van der Waals surface area (Å²) in [5.41, 5.74) is 8.22. The van der Waals surface area contributed by atoms with Crippen LogP contribution < -0.4 is 0 Å². The number of likely N-dealkylation sites (tertiary alicyclic amines) is 1. The van der Waals surface area contributed by atoms with E-state index in [1.807, 2.05) is 0 Å². The van der Waals surface area contributed by atoms with Crippen molar-refractivity contribution in [3.8, 4) is 11.1 Å². The highest BCUT2D eigenvalue weighted by atomic mass is 15.2. The second-order valence-electron chi connectivity index (χ2n) is 8.86. The van der Waals surface area contributed by atoms with Crippen LogP contribution in [0.1, 0.15) is 41.0 Å². The second-order valence-corrected chi connectivity index (χ2v) is 8.86. The molecule has 0 saturated carbocycles. The molecule has 6 rings (SSSR count). The summed E-state index contributed by atoms with van der Waals surface area (Å²) >= 11 is 0. The highest BCUT2D eigenvalue weighted by Crippen LogP contribution is 2.55. The van der Waals surface area contributed by atoms with Crippen molar-refractivity contribution >= 4 is 0 Å².